The Morgan fingerprint density at radius 3 is 2.28 bits per heavy atom. The lowest BCUT2D eigenvalue weighted by Gasteiger charge is -2.22. The van der Waals surface area contributed by atoms with Gasteiger partial charge in [0.25, 0.3) is 5.91 Å². The van der Waals surface area contributed by atoms with Crippen LogP contribution in [-0.4, -0.2) is 16.1 Å². The number of hydrogen-bond acceptors (Lipinski definition) is 3. The number of aromatic hydroxyl groups is 2. The summed E-state index contributed by atoms with van der Waals surface area (Å²) in [4.78, 5) is 12.6. The van der Waals surface area contributed by atoms with Crippen LogP contribution in [0.15, 0.2) is 54.6 Å². The van der Waals surface area contributed by atoms with Gasteiger partial charge >= 0.3 is 0 Å². The van der Waals surface area contributed by atoms with E-state index >= 15 is 0 Å². The highest BCUT2D eigenvalue weighted by Gasteiger charge is 2.23. The number of rotatable bonds is 2. The van der Waals surface area contributed by atoms with Crippen molar-refractivity contribution in [1.29, 1.82) is 0 Å². The van der Waals surface area contributed by atoms with Crippen LogP contribution in [0.2, 0.25) is 0 Å². The summed E-state index contributed by atoms with van der Waals surface area (Å²) < 4.78 is 0. The summed E-state index contributed by atoms with van der Waals surface area (Å²) >= 11 is 0. The number of hydrogen-bond donors (Lipinski definition) is 3. The van der Waals surface area contributed by atoms with E-state index in [9.17, 15) is 15.0 Å². The van der Waals surface area contributed by atoms with Gasteiger partial charge in [-0.1, -0.05) is 57.2 Å². The van der Waals surface area contributed by atoms with Gasteiger partial charge in [0.05, 0.1) is 0 Å². The predicted molar refractivity (Wildman–Crippen MR) is 100 cm³/mol. The number of carbonyl (C=O) groups excluding carboxylic acids is 1. The Kier molecular flexibility index (Phi) is 4.13. The summed E-state index contributed by atoms with van der Waals surface area (Å²) in [6.07, 6.45) is 0. The van der Waals surface area contributed by atoms with E-state index in [0.717, 1.165) is 10.8 Å². The SMILES string of the molecule is CC(C)(C)c1ccc(O)c(NC(=O)c2ccc3ccccc3c2)c1O. The van der Waals surface area contributed by atoms with E-state index in [4.69, 9.17) is 0 Å². The Hall–Kier alpha value is -3.01. The van der Waals surface area contributed by atoms with Gasteiger partial charge in [0, 0.05) is 11.1 Å². The van der Waals surface area contributed by atoms with Crippen molar-refractivity contribution in [2.45, 2.75) is 26.2 Å². The molecule has 0 saturated heterocycles. The van der Waals surface area contributed by atoms with Gasteiger partial charge in [0.1, 0.15) is 17.2 Å². The lowest BCUT2D eigenvalue weighted by Crippen LogP contribution is -2.15. The van der Waals surface area contributed by atoms with Crippen LogP contribution in [0.4, 0.5) is 5.69 Å². The topological polar surface area (TPSA) is 69.6 Å². The maximum Gasteiger partial charge on any atom is 0.255 e. The highest BCUT2D eigenvalue weighted by molar-refractivity contribution is 6.07. The average molecular weight is 335 g/mol. The zero-order valence-corrected chi connectivity index (χ0v) is 14.5. The van der Waals surface area contributed by atoms with E-state index in [2.05, 4.69) is 5.32 Å². The van der Waals surface area contributed by atoms with Crippen LogP contribution in [0.5, 0.6) is 11.5 Å². The zero-order valence-electron chi connectivity index (χ0n) is 14.5. The van der Waals surface area contributed by atoms with Gasteiger partial charge < -0.3 is 15.5 Å². The maximum atomic E-state index is 12.6. The third-order valence-corrected chi connectivity index (χ3v) is 4.21. The highest BCUT2D eigenvalue weighted by Crippen LogP contribution is 2.41. The van der Waals surface area contributed by atoms with Crippen molar-refractivity contribution in [3.05, 3.63) is 65.7 Å². The molecule has 0 aliphatic rings. The monoisotopic (exact) mass is 335 g/mol. The summed E-state index contributed by atoms with van der Waals surface area (Å²) in [6, 6.07) is 16.3. The van der Waals surface area contributed by atoms with Gasteiger partial charge in [-0.05, 0) is 34.4 Å². The Balaban J connectivity index is 1.97. The first-order valence-electron chi connectivity index (χ1n) is 8.13. The van der Waals surface area contributed by atoms with Crippen LogP contribution in [0.1, 0.15) is 36.7 Å². The van der Waals surface area contributed by atoms with E-state index in [0.29, 0.717) is 11.1 Å². The van der Waals surface area contributed by atoms with Crippen LogP contribution in [-0.2, 0) is 5.41 Å². The minimum atomic E-state index is -0.387. The lowest BCUT2D eigenvalue weighted by molar-refractivity contribution is 0.102. The summed E-state index contributed by atoms with van der Waals surface area (Å²) in [5.41, 5.74) is 0.823. The number of benzene rings is 3. The molecule has 3 aromatic carbocycles. The van der Waals surface area contributed by atoms with Crippen molar-refractivity contribution in [3.8, 4) is 11.5 Å². The summed E-state index contributed by atoms with van der Waals surface area (Å²) in [5, 5.41) is 25.2. The van der Waals surface area contributed by atoms with E-state index in [1.807, 2.05) is 51.1 Å². The Bertz CT molecular complexity index is 955. The van der Waals surface area contributed by atoms with Crippen molar-refractivity contribution in [2.75, 3.05) is 5.32 Å². The van der Waals surface area contributed by atoms with Crippen LogP contribution >= 0.6 is 0 Å². The molecule has 0 atom stereocenters. The Labute approximate surface area is 146 Å². The number of phenols is 2. The van der Waals surface area contributed by atoms with Crippen molar-refractivity contribution in [1.82, 2.24) is 0 Å². The van der Waals surface area contributed by atoms with E-state index in [-0.39, 0.29) is 28.5 Å². The van der Waals surface area contributed by atoms with Gasteiger partial charge in [-0.2, -0.15) is 0 Å². The van der Waals surface area contributed by atoms with E-state index in [1.165, 1.54) is 6.07 Å². The molecule has 128 valence electrons. The number of phenolic OH excluding ortho intramolecular Hbond substituents is 2. The molecule has 3 N–H and O–H groups in total. The van der Waals surface area contributed by atoms with Gasteiger partial charge in [-0.15, -0.1) is 0 Å². The second-order valence-corrected chi connectivity index (χ2v) is 7.12. The second-order valence-electron chi connectivity index (χ2n) is 7.12. The molecule has 0 radical (unpaired) electrons. The standard InChI is InChI=1S/C21H21NO3/c1-21(2,3)16-10-11-17(23)18(19(16)24)22-20(25)15-9-8-13-6-4-5-7-14(13)12-15/h4-12,23-24H,1-3H3,(H,22,25). The molecular weight excluding hydrogens is 314 g/mol. The molecule has 25 heavy (non-hydrogen) atoms. The maximum absolute atomic E-state index is 12.6. The molecule has 0 fully saturated rings. The van der Waals surface area contributed by atoms with Crippen molar-refractivity contribution >= 4 is 22.4 Å². The molecular formula is C21H21NO3. The number of nitrogens with one attached hydrogen (secondary N) is 1. The largest absolute Gasteiger partial charge is 0.506 e. The fourth-order valence-corrected chi connectivity index (χ4v) is 2.83. The predicted octanol–water partition coefficient (Wildman–Crippen LogP) is 4.80. The Morgan fingerprint density at radius 1 is 0.920 bits per heavy atom. The third-order valence-electron chi connectivity index (χ3n) is 4.21. The molecule has 0 heterocycles. The average Bonchev–Trinajstić information content (AvgIpc) is 2.56. The van der Waals surface area contributed by atoms with Gasteiger partial charge in [-0.3, -0.25) is 4.79 Å². The molecule has 0 unspecified atom stereocenters. The number of fused-ring (bicyclic) bond motifs is 1. The van der Waals surface area contributed by atoms with Gasteiger partial charge in [0.15, 0.2) is 0 Å². The fourth-order valence-electron chi connectivity index (χ4n) is 2.83. The first-order valence-corrected chi connectivity index (χ1v) is 8.13. The summed E-state index contributed by atoms with van der Waals surface area (Å²) in [5.74, 6) is -0.663. The first kappa shape index (κ1) is 16.8. The Morgan fingerprint density at radius 2 is 1.60 bits per heavy atom. The molecule has 3 rings (SSSR count). The van der Waals surface area contributed by atoms with E-state index in [1.54, 1.807) is 18.2 Å². The number of anilines is 1. The van der Waals surface area contributed by atoms with Gasteiger partial charge in [0.2, 0.25) is 0 Å². The van der Waals surface area contributed by atoms with Crippen molar-refractivity contribution < 1.29 is 15.0 Å². The van der Waals surface area contributed by atoms with Crippen LogP contribution < -0.4 is 5.32 Å². The molecule has 4 nitrogen and oxygen atoms in total. The molecule has 3 aromatic rings. The third kappa shape index (κ3) is 3.29. The minimum absolute atomic E-state index is 0.0329. The quantitative estimate of drug-likeness (QED) is 0.589. The molecule has 0 aliphatic heterocycles. The normalized spacial score (nSPS) is 11.5. The number of amides is 1. The van der Waals surface area contributed by atoms with Crippen LogP contribution in [0, 0.1) is 0 Å². The zero-order chi connectivity index (χ0) is 18.2. The molecule has 0 saturated carbocycles. The fraction of sp³-hybridized carbons (Fsp3) is 0.190. The van der Waals surface area contributed by atoms with Crippen molar-refractivity contribution in [2.24, 2.45) is 0 Å². The molecule has 0 spiro atoms. The molecule has 0 aliphatic carbocycles. The van der Waals surface area contributed by atoms with Crippen LogP contribution in [0.3, 0.4) is 0 Å². The smallest absolute Gasteiger partial charge is 0.255 e. The van der Waals surface area contributed by atoms with Crippen molar-refractivity contribution in [3.63, 3.8) is 0 Å². The van der Waals surface area contributed by atoms with Crippen LogP contribution in [0.25, 0.3) is 10.8 Å². The molecule has 1 amide bonds. The molecule has 0 bridgehead atoms. The second kappa shape index (κ2) is 6.13. The highest BCUT2D eigenvalue weighted by atomic mass is 16.3. The first-order chi connectivity index (χ1) is 11.8. The summed E-state index contributed by atoms with van der Waals surface area (Å²) in [6.45, 7) is 5.86. The number of carbonyl (C=O) groups is 1. The summed E-state index contributed by atoms with van der Waals surface area (Å²) in [7, 11) is 0. The minimum Gasteiger partial charge on any atom is -0.506 e. The van der Waals surface area contributed by atoms with Gasteiger partial charge in [-0.25, -0.2) is 0 Å². The lowest BCUT2D eigenvalue weighted by atomic mass is 9.86. The molecule has 4 heteroatoms. The van der Waals surface area contributed by atoms with E-state index < -0.39 is 0 Å². The molecule has 0 aromatic heterocycles.